The first-order valence-electron chi connectivity index (χ1n) is 8.22. The van der Waals surface area contributed by atoms with Gasteiger partial charge in [-0.3, -0.25) is 14.5 Å². The molecule has 5 nitrogen and oxygen atoms in total. The van der Waals surface area contributed by atoms with Crippen LogP contribution in [0.2, 0.25) is 0 Å². The molecule has 3 rings (SSSR count). The van der Waals surface area contributed by atoms with Crippen LogP contribution in [-0.4, -0.2) is 70.6 Å². The third kappa shape index (κ3) is 4.29. The van der Waals surface area contributed by atoms with E-state index in [1.807, 2.05) is 49.2 Å². The Morgan fingerprint density at radius 3 is 2.48 bits per heavy atom. The van der Waals surface area contributed by atoms with Gasteiger partial charge in [-0.2, -0.15) is 0 Å². The molecule has 7 heteroatoms. The zero-order chi connectivity index (χ0) is 18.0. The third-order valence-electron chi connectivity index (χ3n) is 4.40. The lowest BCUT2D eigenvalue weighted by Gasteiger charge is -2.33. The molecule has 0 saturated carbocycles. The van der Waals surface area contributed by atoms with E-state index in [1.54, 1.807) is 0 Å². The number of nitrogens with zero attached hydrogens (tertiary/aromatic N) is 3. The van der Waals surface area contributed by atoms with Crippen LogP contribution in [0.4, 0.5) is 0 Å². The van der Waals surface area contributed by atoms with E-state index in [9.17, 15) is 9.59 Å². The molecule has 0 spiro atoms. The van der Waals surface area contributed by atoms with Crippen LogP contribution in [0.1, 0.15) is 11.1 Å². The SMILES string of the molecule is Cc1ccc(/C=C2\SC(=S)N(CC(=O)N3CCN(C)CC3)C2=O)cc1. The maximum absolute atomic E-state index is 12.6. The molecule has 0 unspecified atom stereocenters. The monoisotopic (exact) mass is 375 g/mol. The molecule has 2 amide bonds. The molecule has 2 aliphatic rings. The predicted molar refractivity (Wildman–Crippen MR) is 105 cm³/mol. The minimum atomic E-state index is -0.182. The van der Waals surface area contributed by atoms with Gasteiger partial charge in [-0.1, -0.05) is 53.8 Å². The molecule has 0 aliphatic carbocycles. The minimum Gasteiger partial charge on any atom is -0.339 e. The van der Waals surface area contributed by atoms with E-state index >= 15 is 0 Å². The molecule has 0 bridgehead atoms. The Bertz CT molecular complexity index is 722. The molecule has 1 aromatic carbocycles. The van der Waals surface area contributed by atoms with E-state index in [0.29, 0.717) is 22.3 Å². The molecule has 0 aromatic heterocycles. The lowest BCUT2D eigenvalue weighted by molar-refractivity contribution is -0.136. The second-order valence-corrected chi connectivity index (χ2v) is 8.04. The Kier molecular flexibility index (Phi) is 5.56. The number of aryl methyl sites for hydroxylation is 1. The molecule has 0 atom stereocenters. The highest BCUT2D eigenvalue weighted by Gasteiger charge is 2.34. The van der Waals surface area contributed by atoms with Crippen molar-refractivity contribution >= 4 is 46.2 Å². The predicted octanol–water partition coefficient (Wildman–Crippen LogP) is 1.97. The first kappa shape index (κ1) is 18.1. The first-order valence-corrected chi connectivity index (χ1v) is 9.45. The van der Waals surface area contributed by atoms with E-state index in [1.165, 1.54) is 22.2 Å². The van der Waals surface area contributed by atoms with Gasteiger partial charge in [0.05, 0.1) is 4.91 Å². The maximum Gasteiger partial charge on any atom is 0.266 e. The summed E-state index contributed by atoms with van der Waals surface area (Å²) >= 11 is 6.58. The highest BCUT2D eigenvalue weighted by molar-refractivity contribution is 8.26. The first-order chi connectivity index (χ1) is 11.9. The summed E-state index contributed by atoms with van der Waals surface area (Å²) in [6.07, 6.45) is 1.83. The topological polar surface area (TPSA) is 43.9 Å². The lowest BCUT2D eigenvalue weighted by Crippen LogP contribution is -2.50. The van der Waals surface area contributed by atoms with E-state index < -0.39 is 0 Å². The Labute approximate surface area is 157 Å². The Hall–Kier alpha value is -1.70. The van der Waals surface area contributed by atoms with Crippen molar-refractivity contribution in [2.45, 2.75) is 6.92 Å². The molecule has 0 N–H and O–H groups in total. The lowest BCUT2D eigenvalue weighted by atomic mass is 10.1. The molecule has 132 valence electrons. The van der Waals surface area contributed by atoms with E-state index in [4.69, 9.17) is 12.2 Å². The van der Waals surface area contributed by atoms with Crippen molar-refractivity contribution < 1.29 is 9.59 Å². The fourth-order valence-electron chi connectivity index (χ4n) is 2.74. The van der Waals surface area contributed by atoms with Crippen LogP contribution in [-0.2, 0) is 9.59 Å². The van der Waals surface area contributed by atoms with Gasteiger partial charge >= 0.3 is 0 Å². The summed E-state index contributed by atoms with van der Waals surface area (Å²) in [5, 5.41) is 0. The van der Waals surface area contributed by atoms with Gasteiger partial charge in [0.2, 0.25) is 5.91 Å². The van der Waals surface area contributed by atoms with Gasteiger partial charge in [-0.05, 0) is 25.6 Å². The maximum atomic E-state index is 12.6. The number of amides is 2. The van der Waals surface area contributed by atoms with Crippen LogP contribution in [0.3, 0.4) is 0 Å². The minimum absolute atomic E-state index is 0.0274. The number of rotatable bonds is 3. The van der Waals surface area contributed by atoms with Crippen molar-refractivity contribution in [1.82, 2.24) is 14.7 Å². The summed E-state index contributed by atoms with van der Waals surface area (Å²) < 4.78 is 0.450. The highest BCUT2D eigenvalue weighted by atomic mass is 32.2. The van der Waals surface area contributed by atoms with Crippen LogP contribution in [0.25, 0.3) is 6.08 Å². The summed E-state index contributed by atoms with van der Waals surface area (Å²) in [5.41, 5.74) is 2.12. The van der Waals surface area contributed by atoms with Gasteiger partial charge in [0.15, 0.2) is 0 Å². The molecular weight excluding hydrogens is 354 g/mol. The quantitative estimate of drug-likeness (QED) is 0.597. The normalized spacial score (nSPS) is 20.6. The number of carbonyl (C=O) groups excluding carboxylic acids is 2. The zero-order valence-corrected chi connectivity index (χ0v) is 16.0. The summed E-state index contributed by atoms with van der Waals surface area (Å²) in [7, 11) is 2.04. The van der Waals surface area contributed by atoms with Crippen LogP contribution >= 0.6 is 24.0 Å². The number of benzene rings is 1. The van der Waals surface area contributed by atoms with E-state index in [2.05, 4.69) is 4.90 Å². The number of thioether (sulfide) groups is 1. The van der Waals surface area contributed by atoms with Crippen molar-refractivity contribution in [2.24, 2.45) is 0 Å². The van der Waals surface area contributed by atoms with Gasteiger partial charge in [-0.25, -0.2) is 0 Å². The van der Waals surface area contributed by atoms with Crippen molar-refractivity contribution in [1.29, 1.82) is 0 Å². The number of hydrogen-bond acceptors (Lipinski definition) is 5. The fraction of sp³-hybridized carbons (Fsp3) is 0.389. The van der Waals surface area contributed by atoms with Gasteiger partial charge in [0.25, 0.3) is 5.91 Å². The average molecular weight is 376 g/mol. The van der Waals surface area contributed by atoms with Crippen LogP contribution < -0.4 is 0 Å². The van der Waals surface area contributed by atoms with Gasteiger partial charge < -0.3 is 9.80 Å². The van der Waals surface area contributed by atoms with E-state index in [-0.39, 0.29) is 18.4 Å². The molecule has 2 saturated heterocycles. The molecular formula is C18H21N3O2S2. The zero-order valence-electron chi connectivity index (χ0n) is 14.4. The number of likely N-dealkylation sites (N-methyl/N-ethyl adjacent to an activating group) is 1. The molecule has 2 heterocycles. The Morgan fingerprint density at radius 1 is 1.20 bits per heavy atom. The van der Waals surface area contributed by atoms with Crippen molar-refractivity contribution in [2.75, 3.05) is 39.8 Å². The van der Waals surface area contributed by atoms with Gasteiger partial charge in [-0.15, -0.1) is 0 Å². The molecule has 25 heavy (non-hydrogen) atoms. The van der Waals surface area contributed by atoms with Crippen LogP contribution in [0, 0.1) is 6.92 Å². The fourth-order valence-corrected chi connectivity index (χ4v) is 4.00. The van der Waals surface area contributed by atoms with Crippen molar-refractivity contribution in [3.8, 4) is 0 Å². The number of hydrogen-bond donors (Lipinski definition) is 0. The molecule has 2 fully saturated rings. The van der Waals surface area contributed by atoms with Crippen LogP contribution in [0.15, 0.2) is 29.2 Å². The van der Waals surface area contributed by atoms with Crippen LogP contribution in [0.5, 0.6) is 0 Å². The van der Waals surface area contributed by atoms with Gasteiger partial charge in [0.1, 0.15) is 10.9 Å². The average Bonchev–Trinajstić information content (AvgIpc) is 2.85. The number of carbonyl (C=O) groups is 2. The second-order valence-electron chi connectivity index (χ2n) is 6.36. The summed E-state index contributed by atoms with van der Waals surface area (Å²) in [5.74, 6) is -0.223. The second kappa shape index (κ2) is 7.68. The smallest absolute Gasteiger partial charge is 0.266 e. The number of piperazine rings is 1. The highest BCUT2D eigenvalue weighted by Crippen LogP contribution is 2.32. The van der Waals surface area contributed by atoms with Crippen molar-refractivity contribution in [3.63, 3.8) is 0 Å². The van der Waals surface area contributed by atoms with E-state index in [0.717, 1.165) is 18.7 Å². The number of thiocarbonyl (C=S) groups is 1. The molecule has 2 aliphatic heterocycles. The largest absolute Gasteiger partial charge is 0.339 e. The Balaban J connectivity index is 1.67. The molecule has 1 aromatic rings. The van der Waals surface area contributed by atoms with Gasteiger partial charge in [0, 0.05) is 26.2 Å². The standard InChI is InChI=1S/C18H21N3O2S2/c1-13-3-5-14(6-4-13)11-15-17(23)21(18(24)25-15)12-16(22)20-9-7-19(2)8-10-20/h3-6,11H,7-10,12H2,1-2H3/b15-11-. The third-order valence-corrected chi connectivity index (χ3v) is 5.78. The summed E-state index contributed by atoms with van der Waals surface area (Å²) in [6.45, 7) is 5.16. The summed E-state index contributed by atoms with van der Waals surface area (Å²) in [6, 6.07) is 7.95. The molecule has 0 radical (unpaired) electrons. The van der Waals surface area contributed by atoms with Crippen molar-refractivity contribution in [3.05, 3.63) is 40.3 Å². The Morgan fingerprint density at radius 2 is 1.84 bits per heavy atom. The summed E-state index contributed by atoms with van der Waals surface area (Å²) in [4.78, 5) is 31.1.